The molecule has 2 atom stereocenters. The maximum absolute atomic E-state index is 5.77. The molecule has 0 aliphatic carbocycles. The largest absolute Gasteiger partial charge is 0.329 e. The number of hydrogen-bond donors (Lipinski definition) is 2. The highest BCUT2D eigenvalue weighted by Crippen LogP contribution is 2.27. The summed E-state index contributed by atoms with van der Waals surface area (Å²) < 4.78 is 0. The lowest BCUT2D eigenvalue weighted by Gasteiger charge is -2.32. The highest BCUT2D eigenvalue weighted by atomic mass is 14.9. The molecule has 1 saturated heterocycles. The van der Waals surface area contributed by atoms with E-state index in [0.717, 1.165) is 13.1 Å². The Morgan fingerprint density at radius 1 is 1.29 bits per heavy atom. The summed E-state index contributed by atoms with van der Waals surface area (Å²) in [5.41, 5.74) is 7.19. The van der Waals surface area contributed by atoms with Crippen molar-refractivity contribution >= 4 is 0 Å². The lowest BCUT2D eigenvalue weighted by molar-refractivity contribution is 0.356. The van der Waals surface area contributed by atoms with Crippen LogP contribution in [0.3, 0.4) is 0 Å². The van der Waals surface area contributed by atoms with Gasteiger partial charge >= 0.3 is 0 Å². The Hall–Kier alpha value is -0.860. The Kier molecular flexibility index (Phi) is 3.17. The van der Waals surface area contributed by atoms with E-state index in [0.29, 0.717) is 12.0 Å². The summed E-state index contributed by atoms with van der Waals surface area (Å²) in [6.45, 7) is 1.85. The molecule has 76 valence electrons. The lowest BCUT2D eigenvalue weighted by atomic mass is 9.85. The molecule has 1 aromatic carbocycles. The maximum Gasteiger partial charge on any atom is 0.0258 e. The second kappa shape index (κ2) is 4.58. The van der Waals surface area contributed by atoms with Gasteiger partial charge in [-0.2, -0.15) is 0 Å². The second-order valence-electron chi connectivity index (χ2n) is 3.96. The number of benzene rings is 1. The van der Waals surface area contributed by atoms with Gasteiger partial charge in [-0.1, -0.05) is 30.3 Å². The maximum atomic E-state index is 5.77. The third-order valence-corrected chi connectivity index (χ3v) is 3.07. The average molecular weight is 190 g/mol. The van der Waals surface area contributed by atoms with E-state index < -0.39 is 0 Å². The molecule has 0 bridgehead atoms. The minimum atomic E-state index is 0.464. The van der Waals surface area contributed by atoms with E-state index in [1.165, 1.54) is 18.4 Å². The van der Waals surface area contributed by atoms with Gasteiger partial charge in [0, 0.05) is 18.5 Å². The van der Waals surface area contributed by atoms with Crippen molar-refractivity contribution in [1.29, 1.82) is 0 Å². The predicted molar refractivity (Wildman–Crippen MR) is 59.3 cm³/mol. The predicted octanol–water partition coefficient (Wildman–Crippen LogP) is 1.48. The Bertz CT molecular complexity index is 271. The molecular formula is C12H18N2. The fourth-order valence-electron chi connectivity index (χ4n) is 2.30. The van der Waals surface area contributed by atoms with Gasteiger partial charge in [-0.25, -0.2) is 0 Å². The quantitative estimate of drug-likeness (QED) is 0.741. The Morgan fingerprint density at radius 3 is 2.79 bits per heavy atom. The van der Waals surface area contributed by atoms with Gasteiger partial charge in [0.15, 0.2) is 0 Å². The molecule has 3 N–H and O–H groups in total. The molecule has 1 fully saturated rings. The third-order valence-electron chi connectivity index (χ3n) is 3.07. The van der Waals surface area contributed by atoms with E-state index in [4.69, 9.17) is 5.73 Å². The van der Waals surface area contributed by atoms with E-state index in [1.54, 1.807) is 0 Å². The molecule has 2 nitrogen and oxygen atoms in total. The molecule has 0 spiro atoms. The molecule has 1 aliphatic rings. The molecule has 0 unspecified atom stereocenters. The van der Waals surface area contributed by atoms with Crippen LogP contribution in [0, 0.1) is 0 Å². The summed E-state index contributed by atoms with van der Waals surface area (Å²) in [5.74, 6) is 0.606. The van der Waals surface area contributed by atoms with Crippen LogP contribution in [-0.2, 0) is 0 Å². The summed E-state index contributed by atoms with van der Waals surface area (Å²) in [6.07, 6.45) is 2.52. The summed E-state index contributed by atoms with van der Waals surface area (Å²) in [7, 11) is 0. The van der Waals surface area contributed by atoms with Crippen LogP contribution in [0.4, 0.5) is 0 Å². The number of nitrogens with two attached hydrogens (primary N) is 1. The molecule has 2 rings (SSSR count). The Labute approximate surface area is 85.5 Å². The Morgan fingerprint density at radius 2 is 2.07 bits per heavy atom. The van der Waals surface area contributed by atoms with Crippen molar-refractivity contribution in [3.63, 3.8) is 0 Å². The van der Waals surface area contributed by atoms with Crippen molar-refractivity contribution in [1.82, 2.24) is 5.32 Å². The van der Waals surface area contributed by atoms with Crippen molar-refractivity contribution in [2.24, 2.45) is 5.73 Å². The van der Waals surface area contributed by atoms with Gasteiger partial charge in [-0.15, -0.1) is 0 Å². The van der Waals surface area contributed by atoms with Crippen LogP contribution in [0.25, 0.3) is 0 Å². The van der Waals surface area contributed by atoms with Gasteiger partial charge in [0.1, 0.15) is 0 Å². The van der Waals surface area contributed by atoms with Gasteiger partial charge in [0.05, 0.1) is 0 Å². The fraction of sp³-hybridized carbons (Fsp3) is 0.500. The molecule has 0 aromatic heterocycles. The van der Waals surface area contributed by atoms with Gasteiger partial charge < -0.3 is 11.1 Å². The van der Waals surface area contributed by atoms with E-state index in [1.807, 2.05) is 0 Å². The van der Waals surface area contributed by atoms with Crippen LogP contribution in [0.2, 0.25) is 0 Å². The first-order valence-corrected chi connectivity index (χ1v) is 5.40. The average Bonchev–Trinajstić information content (AvgIpc) is 2.30. The molecule has 1 heterocycles. The first kappa shape index (κ1) is 9.69. The minimum absolute atomic E-state index is 0.464. The van der Waals surface area contributed by atoms with Crippen molar-refractivity contribution in [3.8, 4) is 0 Å². The molecule has 0 saturated carbocycles. The van der Waals surface area contributed by atoms with Gasteiger partial charge in [-0.05, 0) is 24.9 Å². The monoisotopic (exact) mass is 190 g/mol. The molecule has 2 heteroatoms. The van der Waals surface area contributed by atoms with Crippen LogP contribution in [0.1, 0.15) is 24.3 Å². The van der Waals surface area contributed by atoms with Crippen molar-refractivity contribution in [2.75, 3.05) is 13.1 Å². The van der Waals surface area contributed by atoms with Crippen molar-refractivity contribution in [2.45, 2.75) is 24.8 Å². The van der Waals surface area contributed by atoms with Gasteiger partial charge in [0.2, 0.25) is 0 Å². The number of hydrogen-bond acceptors (Lipinski definition) is 2. The van der Waals surface area contributed by atoms with Crippen molar-refractivity contribution < 1.29 is 0 Å². The summed E-state index contributed by atoms with van der Waals surface area (Å²) in [6, 6.07) is 11.2. The molecule has 1 aromatic rings. The van der Waals surface area contributed by atoms with E-state index >= 15 is 0 Å². The SMILES string of the molecule is NC[C@H]1NCCC[C@H]1c1ccccc1. The third kappa shape index (κ3) is 1.97. The summed E-state index contributed by atoms with van der Waals surface area (Å²) in [5, 5.41) is 3.49. The van der Waals surface area contributed by atoms with Crippen molar-refractivity contribution in [3.05, 3.63) is 35.9 Å². The first-order valence-electron chi connectivity index (χ1n) is 5.40. The van der Waals surface area contributed by atoms with E-state index in [9.17, 15) is 0 Å². The fourth-order valence-corrected chi connectivity index (χ4v) is 2.30. The lowest BCUT2D eigenvalue weighted by Crippen LogP contribution is -2.44. The summed E-state index contributed by atoms with van der Waals surface area (Å²) in [4.78, 5) is 0. The molecule has 0 amide bonds. The zero-order chi connectivity index (χ0) is 9.80. The molecular weight excluding hydrogens is 172 g/mol. The van der Waals surface area contributed by atoms with Crippen LogP contribution < -0.4 is 11.1 Å². The standard InChI is InChI=1S/C12H18N2/c13-9-12-11(7-4-8-14-12)10-5-2-1-3-6-10/h1-3,5-6,11-12,14H,4,7-9,13H2/t11-,12+/m0/s1. The molecule has 14 heavy (non-hydrogen) atoms. The van der Waals surface area contributed by atoms with Gasteiger partial charge in [0.25, 0.3) is 0 Å². The normalized spacial score (nSPS) is 27.5. The minimum Gasteiger partial charge on any atom is -0.329 e. The smallest absolute Gasteiger partial charge is 0.0258 e. The zero-order valence-electron chi connectivity index (χ0n) is 8.45. The topological polar surface area (TPSA) is 38.0 Å². The Balaban J connectivity index is 2.15. The number of piperidine rings is 1. The van der Waals surface area contributed by atoms with Crippen LogP contribution in [-0.4, -0.2) is 19.1 Å². The number of rotatable bonds is 2. The molecule has 1 aliphatic heterocycles. The first-order chi connectivity index (χ1) is 6.92. The van der Waals surface area contributed by atoms with E-state index in [2.05, 4.69) is 35.6 Å². The van der Waals surface area contributed by atoms with Crippen LogP contribution >= 0.6 is 0 Å². The molecule has 0 radical (unpaired) electrons. The highest BCUT2D eigenvalue weighted by molar-refractivity contribution is 5.22. The zero-order valence-corrected chi connectivity index (χ0v) is 8.45. The highest BCUT2D eigenvalue weighted by Gasteiger charge is 2.24. The number of nitrogens with one attached hydrogen (secondary N) is 1. The van der Waals surface area contributed by atoms with E-state index in [-0.39, 0.29) is 0 Å². The van der Waals surface area contributed by atoms with Crippen LogP contribution in [0.5, 0.6) is 0 Å². The van der Waals surface area contributed by atoms with Crippen LogP contribution in [0.15, 0.2) is 30.3 Å². The second-order valence-corrected chi connectivity index (χ2v) is 3.96. The van der Waals surface area contributed by atoms with Gasteiger partial charge in [-0.3, -0.25) is 0 Å². The summed E-state index contributed by atoms with van der Waals surface area (Å²) >= 11 is 0.